The van der Waals surface area contributed by atoms with Gasteiger partial charge in [0.05, 0.1) is 19.4 Å². The van der Waals surface area contributed by atoms with Gasteiger partial charge >= 0.3 is 13.6 Å². The van der Waals surface area contributed by atoms with E-state index < -0.39 is 32.4 Å². The van der Waals surface area contributed by atoms with Crippen LogP contribution in [0.25, 0.3) is 0 Å². The molecule has 0 saturated carbocycles. The second-order valence-electron chi connectivity index (χ2n) is 3.36. The van der Waals surface area contributed by atoms with Crippen molar-refractivity contribution in [1.82, 2.24) is 0 Å². The summed E-state index contributed by atoms with van der Waals surface area (Å²) in [6, 6.07) is -1.14. The first kappa shape index (κ1) is 16.2. The number of hydrogen-bond donors (Lipinski definition) is 3. The Morgan fingerprint density at radius 3 is 2.59 bits per heavy atom. The van der Waals surface area contributed by atoms with E-state index in [1.54, 1.807) is 6.92 Å². The molecule has 1 unspecified atom stereocenters. The van der Waals surface area contributed by atoms with Crippen molar-refractivity contribution >= 4 is 13.6 Å². The van der Waals surface area contributed by atoms with E-state index in [-0.39, 0.29) is 18.6 Å². The first-order valence-electron chi connectivity index (χ1n) is 5.02. The van der Waals surface area contributed by atoms with Crippen molar-refractivity contribution in [2.75, 3.05) is 19.4 Å². The van der Waals surface area contributed by atoms with Crippen molar-refractivity contribution in [3.05, 3.63) is 11.6 Å². The van der Waals surface area contributed by atoms with Gasteiger partial charge in [-0.25, -0.2) is 0 Å². The molecule has 0 aromatic rings. The topological polar surface area (TPSA) is 110 Å². The van der Waals surface area contributed by atoms with Crippen LogP contribution in [0.3, 0.4) is 0 Å². The molecule has 8 heteroatoms. The summed E-state index contributed by atoms with van der Waals surface area (Å²) in [7, 11) is -4.30. The van der Waals surface area contributed by atoms with Crippen LogP contribution in [0.15, 0.2) is 11.6 Å². The average molecular weight is 269 g/mol. The van der Waals surface area contributed by atoms with Gasteiger partial charge < -0.3 is 20.3 Å². The van der Waals surface area contributed by atoms with Crippen LogP contribution in [0.1, 0.15) is 13.3 Å². The zero-order valence-corrected chi connectivity index (χ0v) is 10.4. The molecule has 0 amide bonds. The van der Waals surface area contributed by atoms with Crippen molar-refractivity contribution in [2.24, 2.45) is 5.73 Å². The Labute approximate surface area is 98.8 Å². The number of halogens is 1. The highest BCUT2D eigenvalue weighted by molar-refractivity contribution is 7.52. The predicted octanol–water partition coefficient (Wildman–Crippen LogP) is 0.340. The van der Waals surface area contributed by atoms with Gasteiger partial charge in [0.25, 0.3) is 0 Å². The van der Waals surface area contributed by atoms with Crippen molar-refractivity contribution in [2.45, 2.75) is 19.4 Å². The van der Waals surface area contributed by atoms with Gasteiger partial charge in [-0.15, -0.1) is 0 Å². The minimum Gasteiger partial charge on any atom is -0.465 e. The molecule has 6 nitrogen and oxygen atoms in total. The number of rotatable bonds is 7. The Kier molecular flexibility index (Phi) is 7.22. The third-order valence-corrected chi connectivity index (χ3v) is 2.62. The van der Waals surface area contributed by atoms with Gasteiger partial charge in [-0.1, -0.05) is 11.6 Å². The highest BCUT2D eigenvalue weighted by Gasteiger charge is 2.19. The summed E-state index contributed by atoms with van der Waals surface area (Å²) >= 11 is 0. The zero-order valence-electron chi connectivity index (χ0n) is 9.50. The lowest BCUT2D eigenvalue weighted by molar-refractivity contribution is -0.143. The van der Waals surface area contributed by atoms with Crippen LogP contribution in [0.2, 0.25) is 0 Å². The summed E-state index contributed by atoms with van der Waals surface area (Å²) in [6.45, 7) is 0.977. The lowest BCUT2D eigenvalue weighted by Gasteiger charge is -2.11. The molecule has 0 spiro atoms. The van der Waals surface area contributed by atoms with Gasteiger partial charge in [0, 0.05) is 0 Å². The van der Waals surface area contributed by atoms with Crippen LogP contribution < -0.4 is 5.73 Å². The summed E-state index contributed by atoms with van der Waals surface area (Å²) in [4.78, 5) is 28.7. The molecule has 0 radical (unpaired) electrons. The highest BCUT2D eigenvalue weighted by Crippen LogP contribution is 2.37. The molecule has 0 heterocycles. The molecule has 0 aliphatic carbocycles. The van der Waals surface area contributed by atoms with Crippen LogP contribution in [-0.2, 0) is 14.1 Å². The summed E-state index contributed by atoms with van der Waals surface area (Å²) < 4.78 is 27.6. The molecule has 0 aliphatic rings. The number of allylic oxidation sites excluding steroid dienone is 1. The fraction of sp³-hybridized carbons (Fsp3) is 0.667. The van der Waals surface area contributed by atoms with Crippen molar-refractivity contribution in [3.63, 3.8) is 0 Å². The number of nitrogens with two attached hydrogens (primary N) is 1. The third-order valence-electron chi connectivity index (χ3n) is 1.80. The minimum atomic E-state index is -4.30. The first-order valence-corrected chi connectivity index (χ1v) is 6.82. The second-order valence-corrected chi connectivity index (χ2v) is 5.01. The Balaban J connectivity index is 4.68. The molecule has 0 aromatic heterocycles. The average Bonchev–Trinajstić information content (AvgIpc) is 2.15. The molecule has 4 N–H and O–H groups in total. The number of alkyl halides is 1. The van der Waals surface area contributed by atoms with E-state index in [4.69, 9.17) is 15.5 Å². The summed E-state index contributed by atoms with van der Waals surface area (Å²) in [5.74, 6) is -0.713. The van der Waals surface area contributed by atoms with Gasteiger partial charge in [-0.2, -0.15) is 0 Å². The molecule has 1 atom stereocenters. The molecule has 0 bridgehead atoms. The van der Waals surface area contributed by atoms with Crippen molar-refractivity contribution < 1.29 is 28.3 Å². The lowest BCUT2D eigenvalue weighted by Crippen LogP contribution is -2.30. The zero-order chi connectivity index (χ0) is 13.5. The van der Waals surface area contributed by atoms with E-state index in [2.05, 4.69) is 4.74 Å². The highest BCUT2D eigenvalue weighted by atomic mass is 31.2. The molecule has 17 heavy (non-hydrogen) atoms. The Bertz CT molecular complexity index is 327. The molecular formula is C9H17FNO5P. The molecule has 0 aromatic carbocycles. The Morgan fingerprint density at radius 1 is 1.59 bits per heavy atom. The molecule has 0 saturated heterocycles. The van der Waals surface area contributed by atoms with Crippen LogP contribution in [0.4, 0.5) is 4.39 Å². The van der Waals surface area contributed by atoms with E-state index in [1.165, 1.54) is 0 Å². The van der Waals surface area contributed by atoms with E-state index >= 15 is 0 Å². The monoisotopic (exact) mass is 269 g/mol. The normalized spacial score (nSPS) is 14.5. The second kappa shape index (κ2) is 7.55. The van der Waals surface area contributed by atoms with Crippen molar-refractivity contribution in [1.29, 1.82) is 0 Å². The van der Waals surface area contributed by atoms with Crippen LogP contribution in [-0.4, -0.2) is 41.2 Å². The van der Waals surface area contributed by atoms with Gasteiger partial charge in [-0.3, -0.25) is 13.8 Å². The standard InChI is InChI=1S/C9H17FNO5P/c1-2-16-9(12)8(11)5-7(3-4-10)6-17(13,14)15/h5,8H,2-4,6,11H2,1H3,(H2,13,14,15). The quantitative estimate of drug-likeness (QED) is 0.349. The SMILES string of the molecule is CCOC(=O)C(N)C=C(CCF)CP(=O)(O)O. The third kappa shape index (κ3) is 8.04. The Hall–Kier alpha value is -0.750. The fourth-order valence-corrected chi connectivity index (χ4v) is 1.95. The van der Waals surface area contributed by atoms with Crippen LogP contribution in [0.5, 0.6) is 0 Å². The van der Waals surface area contributed by atoms with E-state index in [1.807, 2.05) is 0 Å². The summed E-state index contributed by atoms with van der Waals surface area (Å²) in [5.41, 5.74) is 5.54. The number of ether oxygens (including phenoxy) is 1. The molecule has 0 rings (SSSR count). The van der Waals surface area contributed by atoms with Gasteiger partial charge in [0.15, 0.2) is 0 Å². The smallest absolute Gasteiger partial charge is 0.329 e. The van der Waals surface area contributed by atoms with E-state index in [0.29, 0.717) is 0 Å². The molecule has 100 valence electrons. The minimum absolute atomic E-state index is 0.112. The summed E-state index contributed by atoms with van der Waals surface area (Å²) in [5, 5.41) is 0. The Morgan fingerprint density at radius 2 is 2.18 bits per heavy atom. The van der Waals surface area contributed by atoms with Gasteiger partial charge in [-0.05, 0) is 13.3 Å². The first-order chi connectivity index (χ1) is 7.80. The number of carbonyl (C=O) groups excluding carboxylic acids is 1. The van der Waals surface area contributed by atoms with E-state index in [0.717, 1.165) is 6.08 Å². The van der Waals surface area contributed by atoms with Crippen LogP contribution in [0, 0.1) is 0 Å². The maximum absolute atomic E-state index is 12.2. The van der Waals surface area contributed by atoms with Gasteiger partial charge in [0.1, 0.15) is 6.04 Å². The number of esters is 1. The van der Waals surface area contributed by atoms with Crippen LogP contribution >= 0.6 is 7.60 Å². The van der Waals surface area contributed by atoms with E-state index in [9.17, 15) is 13.8 Å². The molecule has 0 fully saturated rings. The maximum atomic E-state index is 12.2. The molecule has 0 aliphatic heterocycles. The number of carbonyl (C=O) groups is 1. The van der Waals surface area contributed by atoms with Crippen molar-refractivity contribution in [3.8, 4) is 0 Å². The fourth-order valence-electron chi connectivity index (χ4n) is 1.16. The molecular weight excluding hydrogens is 252 g/mol. The van der Waals surface area contributed by atoms with Gasteiger partial charge in [0.2, 0.25) is 0 Å². The maximum Gasteiger partial charge on any atom is 0.329 e. The predicted molar refractivity (Wildman–Crippen MR) is 60.2 cm³/mol. The largest absolute Gasteiger partial charge is 0.465 e. The summed E-state index contributed by atoms with van der Waals surface area (Å²) in [6.07, 6.45) is 0.360. The lowest BCUT2D eigenvalue weighted by atomic mass is 10.1. The number of hydrogen-bond acceptors (Lipinski definition) is 4.